The Labute approximate surface area is 109 Å². The van der Waals surface area contributed by atoms with Crippen LogP contribution in [0.1, 0.15) is 17.1 Å². The van der Waals surface area contributed by atoms with Gasteiger partial charge in [-0.25, -0.2) is 4.98 Å². The summed E-state index contributed by atoms with van der Waals surface area (Å²) in [7, 11) is 0. The average Bonchev–Trinajstić information content (AvgIpc) is 2.92. The summed E-state index contributed by atoms with van der Waals surface area (Å²) in [6.07, 6.45) is 0. The van der Waals surface area contributed by atoms with Gasteiger partial charge in [0, 0.05) is 0 Å². The SMILES string of the molecule is Cc1ccc2nc(NCc3ccc(C)o3)sc2c1. The van der Waals surface area contributed by atoms with E-state index in [2.05, 4.69) is 35.4 Å². The molecule has 1 N–H and O–H groups in total. The predicted molar refractivity (Wildman–Crippen MR) is 75.1 cm³/mol. The third kappa shape index (κ3) is 2.24. The zero-order valence-corrected chi connectivity index (χ0v) is 11.2. The lowest BCUT2D eigenvalue weighted by molar-refractivity contribution is 0.490. The van der Waals surface area contributed by atoms with Crippen LogP contribution in [0.5, 0.6) is 0 Å². The van der Waals surface area contributed by atoms with Gasteiger partial charge in [-0.2, -0.15) is 0 Å². The number of benzene rings is 1. The molecule has 0 aliphatic rings. The maximum Gasteiger partial charge on any atom is 0.184 e. The highest BCUT2D eigenvalue weighted by Crippen LogP contribution is 2.27. The predicted octanol–water partition coefficient (Wildman–Crippen LogP) is 4.12. The Hall–Kier alpha value is -1.81. The van der Waals surface area contributed by atoms with Crippen molar-refractivity contribution in [1.82, 2.24) is 4.98 Å². The lowest BCUT2D eigenvalue weighted by atomic mass is 10.2. The number of anilines is 1. The monoisotopic (exact) mass is 258 g/mol. The van der Waals surface area contributed by atoms with Gasteiger partial charge in [0.05, 0.1) is 16.8 Å². The molecule has 0 fully saturated rings. The smallest absolute Gasteiger partial charge is 0.184 e. The first kappa shape index (κ1) is 11.3. The number of thiazole rings is 1. The minimum Gasteiger partial charge on any atom is -0.465 e. The maximum atomic E-state index is 5.51. The molecule has 2 heterocycles. The highest BCUT2D eigenvalue weighted by molar-refractivity contribution is 7.22. The van der Waals surface area contributed by atoms with Gasteiger partial charge in [0.2, 0.25) is 0 Å². The van der Waals surface area contributed by atoms with E-state index in [1.165, 1.54) is 10.3 Å². The van der Waals surface area contributed by atoms with Crippen LogP contribution in [0.4, 0.5) is 5.13 Å². The average molecular weight is 258 g/mol. The van der Waals surface area contributed by atoms with Crippen LogP contribution in [0.15, 0.2) is 34.7 Å². The summed E-state index contributed by atoms with van der Waals surface area (Å²) in [5.74, 6) is 1.87. The van der Waals surface area contributed by atoms with Gasteiger partial charge in [-0.15, -0.1) is 0 Å². The second-order valence-corrected chi connectivity index (χ2v) is 5.39. The summed E-state index contributed by atoms with van der Waals surface area (Å²) in [5.41, 5.74) is 2.31. The van der Waals surface area contributed by atoms with E-state index in [9.17, 15) is 0 Å². The zero-order chi connectivity index (χ0) is 12.5. The van der Waals surface area contributed by atoms with Crippen LogP contribution in [-0.2, 0) is 6.54 Å². The summed E-state index contributed by atoms with van der Waals surface area (Å²) in [6.45, 7) is 4.72. The fraction of sp³-hybridized carbons (Fsp3) is 0.214. The van der Waals surface area contributed by atoms with Crippen LogP contribution >= 0.6 is 11.3 Å². The van der Waals surface area contributed by atoms with Crippen LogP contribution in [-0.4, -0.2) is 4.98 Å². The molecule has 0 bridgehead atoms. The zero-order valence-electron chi connectivity index (χ0n) is 10.4. The van der Waals surface area contributed by atoms with Gasteiger partial charge in [-0.3, -0.25) is 0 Å². The highest BCUT2D eigenvalue weighted by Gasteiger charge is 2.04. The molecule has 0 radical (unpaired) electrons. The standard InChI is InChI=1S/C14H14N2OS/c1-9-3-6-12-13(7-9)18-14(16-12)15-8-11-5-4-10(2)17-11/h3-7H,8H2,1-2H3,(H,15,16). The van der Waals surface area contributed by atoms with E-state index in [0.29, 0.717) is 6.54 Å². The second kappa shape index (κ2) is 4.46. The molecule has 1 aromatic carbocycles. The number of nitrogens with zero attached hydrogens (tertiary/aromatic N) is 1. The van der Waals surface area contributed by atoms with Gasteiger partial charge in [-0.1, -0.05) is 17.4 Å². The van der Waals surface area contributed by atoms with Crippen molar-refractivity contribution in [3.05, 3.63) is 47.4 Å². The first-order valence-corrected chi connectivity index (χ1v) is 6.69. The first-order chi connectivity index (χ1) is 8.70. The van der Waals surface area contributed by atoms with Crippen LogP contribution in [0.25, 0.3) is 10.2 Å². The van der Waals surface area contributed by atoms with Gasteiger partial charge in [-0.05, 0) is 43.7 Å². The fourth-order valence-electron chi connectivity index (χ4n) is 1.85. The molecule has 4 heteroatoms. The van der Waals surface area contributed by atoms with Crippen LogP contribution in [0.3, 0.4) is 0 Å². The molecule has 0 aliphatic heterocycles. The molecule has 0 amide bonds. The summed E-state index contributed by atoms with van der Waals surface area (Å²) in [4.78, 5) is 4.54. The molecule has 0 saturated carbocycles. The topological polar surface area (TPSA) is 38.1 Å². The number of hydrogen-bond acceptors (Lipinski definition) is 4. The van der Waals surface area contributed by atoms with Gasteiger partial charge in [0.25, 0.3) is 0 Å². The van der Waals surface area contributed by atoms with Crippen LogP contribution in [0, 0.1) is 13.8 Å². The Morgan fingerprint density at radius 2 is 2.11 bits per heavy atom. The normalized spacial score (nSPS) is 11.0. The van der Waals surface area contributed by atoms with Gasteiger partial charge < -0.3 is 9.73 Å². The largest absolute Gasteiger partial charge is 0.465 e. The highest BCUT2D eigenvalue weighted by atomic mass is 32.1. The third-order valence-corrected chi connectivity index (χ3v) is 3.73. The summed E-state index contributed by atoms with van der Waals surface area (Å²) in [5, 5.41) is 4.23. The van der Waals surface area contributed by atoms with Gasteiger partial charge in [0.15, 0.2) is 5.13 Å². The lowest BCUT2D eigenvalue weighted by Gasteiger charge is -1.97. The summed E-state index contributed by atoms with van der Waals surface area (Å²) < 4.78 is 6.73. The van der Waals surface area contributed by atoms with Crippen molar-refractivity contribution in [2.75, 3.05) is 5.32 Å². The van der Waals surface area contributed by atoms with Crippen molar-refractivity contribution in [3.63, 3.8) is 0 Å². The Bertz CT molecular complexity index is 684. The summed E-state index contributed by atoms with van der Waals surface area (Å²) >= 11 is 1.67. The quantitative estimate of drug-likeness (QED) is 0.768. The molecule has 0 spiro atoms. The van der Waals surface area contributed by atoms with Gasteiger partial charge in [0.1, 0.15) is 11.5 Å². The van der Waals surface area contributed by atoms with E-state index in [1.54, 1.807) is 11.3 Å². The van der Waals surface area contributed by atoms with Gasteiger partial charge >= 0.3 is 0 Å². The molecule has 0 aliphatic carbocycles. The van der Waals surface area contributed by atoms with Crippen molar-refractivity contribution >= 4 is 26.7 Å². The number of fused-ring (bicyclic) bond motifs is 1. The number of nitrogens with one attached hydrogen (secondary N) is 1. The van der Waals surface area contributed by atoms with Crippen LogP contribution in [0.2, 0.25) is 0 Å². The summed E-state index contributed by atoms with van der Waals surface area (Å²) in [6, 6.07) is 10.3. The van der Waals surface area contributed by atoms with Crippen molar-refractivity contribution < 1.29 is 4.42 Å². The Balaban J connectivity index is 1.78. The molecule has 0 unspecified atom stereocenters. The van der Waals surface area contributed by atoms with Crippen molar-refractivity contribution in [2.45, 2.75) is 20.4 Å². The maximum absolute atomic E-state index is 5.51. The minimum absolute atomic E-state index is 0.673. The number of furan rings is 1. The molecular formula is C14H14N2OS. The number of aromatic nitrogens is 1. The fourth-order valence-corrected chi connectivity index (χ4v) is 2.81. The molecule has 18 heavy (non-hydrogen) atoms. The van der Waals surface area contributed by atoms with E-state index < -0.39 is 0 Å². The Morgan fingerprint density at radius 3 is 2.89 bits per heavy atom. The van der Waals surface area contributed by atoms with E-state index in [1.807, 2.05) is 19.1 Å². The van der Waals surface area contributed by atoms with E-state index >= 15 is 0 Å². The molecule has 0 atom stereocenters. The molecule has 3 nitrogen and oxygen atoms in total. The van der Waals surface area contributed by atoms with Crippen molar-refractivity contribution in [2.24, 2.45) is 0 Å². The molecule has 3 rings (SSSR count). The molecule has 0 saturated heterocycles. The number of hydrogen-bond donors (Lipinski definition) is 1. The van der Waals surface area contributed by atoms with E-state index in [0.717, 1.165) is 22.2 Å². The first-order valence-electron chi connectivity index (χ1n) is 5.87. The number of aryl methyl sites for hydroxylation is 2. The molecule has 92 valence electrons. The second-order valence-electron chi connectivity index (χ2n) is 4.36. The minimum atomic E-state index is 0.673. The van der Waals surface area contributed by atoms with Crippen LogP contribution < -0.4 is 5.32 Å². The lowest BCUT2D eigenvalue weighted by Crippen LogP contribution is -1.96. The number of rotatable bonds is 3. The van der Waals surface area contributed by atoms with E-state index in [4.69, 9.17) is 4.42 Å². The molecular weight excluding hydrogens is 244 g/mol. The molecule has 2 aromatic heterocycles. The van der Waals surface area contributed by atoms with Crippen molar-refractivity contribution in [3.8, 4) is 0 Å². The third-order valence-electron chi connectivity index (χ3n) is 2.75. The Morgan fingerprint density at radius 1 is 1.22 bits per heavy atom. The van der Waals surface area contributed by atoms with E-state index in [-0.39, 0.29) is 0 Å². The van der Waals surface area contributed by atoms with Crippen molar-refractivity contribution in [1.29, 1.82) is 0 Å². The molecule has 3 aromatic rings. The Kier molecular flexibility index (Phi) is 2.80.